The third kappa shape index (κ3) is 3.13. The Bertz CT molecular complexity index is 483. The monoisotopic (exact) mass is 265 g/mol. The van der Waals surface area contributed by atoms with E-state index in [0.29, 0.717) is 5.41 Å². The summed E-state index contributed by atoms with van der Waals surface area (Å²) in [5, 5.41) is 11.8. The summed E-state index contributed by atoms with van der Waals surface area (Å²) in [4.78, 5) is 29.2. The number of H-pyrrole nitrogens is 1. The van der Waals surface area contributed by atoms with Crippen molar-refractivity contribution >= 4 is 11.9 Å². The standard InChI is InChI=1S/C13H19N3O3/c1-13(2)5-3-8(4-6-13)16-11(17)9-10(12(18)19)15-7-14-9/h7-8H,3-6H2,1-2H3,(H,14,15)(H,16,17)(H,18,19). The molecule has 1 saturated carbocycles. The van der Waals surface area contributed by atoms with E-state index in [4.69, 9.17) is 5.11 Å². The molecule has 0 radical (unpaired) electrons. The van der Waals surface area contributed by atoms with Crippen molar-refractivity contribution < 1.29 is 14.7 Å². The van der Waals surface area contributed by atoms with E-state index >= 15 is 0 Å². The van der Waals surface area contributed by atoms with Gasteiger partial charge in [-0.3, -0.25) is 4.79 Å². The molecule has 1 aliphatic carbocycles. The highest BCUT2D eigenvalue weighted by Gasteiger charge is 2.29. The minimum atomic E-state index is -1.17. The third-order valence-corrected chi connectivity index (χ3v) is 3.74. The molecule has 19 heavy (non-hydrogen) atoms. The van der Waals surface area contributed by atoms with Crippen molar-refractivity contribution in [2.75, 3.05) is 0 Å². The summed E-state index contributed by atoms with van der Waals surface area (Å²) in [6.45, 7) is 4.45. The van der Waals surface area contributed by atoms with Gasteiger partial charge >= 0.3 is 5.97 Å². The fourth-order valence-corrected chi connectivity index (χ4v) is 2.43. The van der Waals surface area contributed by atoms with Crippen LogP contribution in [0.2, 0.25) is 0 Å². The number of rotatable bonds is 3. The second-order valence-electron chi connectivity index (χ2n) is 5.84. The quantitative estimate of drug-likeness (QED) is 0.776. The first-order valence-electron chi connectivity index (χ1n) is 6.46. The van der Waals surface area contributed by atoms with Crippen LogP contribution in [0.25, 0.3) is 0 Å². The van der Waals surface area contributed by atoms with Crippen LogP contribution in [-0.2, 0) is 0 Å². The SMILES string of the molecule is CC1(C)CCC(NC(=O)c2nc[nH]c2C(=O)O)CC1. The van der Waals surface area contributed by atoms with Gasteiger partial charge in [0.1, 0.15) is 0 Å². The van der Waals surface area contributed by atoms with Crippen LogP contribution in [0.1, 0.15) is 60.5 Å². The number of aromatic amines is 1. The van der Waals surface area contributed by atoms with E-state index in [1.807, 2.05) is 0 Å². The number of carbonyl (C=O) groups excluding carboxylic acids is 1. The summed E-state index contributed by atoms with van der Waals surface area (Å²) in [7, 11) is 0. The number of aromatic nitrogens is 2. The number of carbonyl (C=O) groups is 2. The highest BCUT2D eigenvalue weighted by atomic mass is 16.4. The summed E-state index contributed by atoms with van der Waals surface area (Å²) in [6.07, 6.45) is 5.19. The first-order valence-corrected chi connectivity index (χ1v) is 6.46. The Morgan fingerprint density at radius 2 is 2.05 bits per heavy atom. The minimum Gasteiger partial charge on any atom is -0.477 e. The van der Waals surface area contributed by atoms with E-state index in [1.54, 1.807) is 0 Å². The van der Waals surface area contributed by atoms with Crippen LogP contribution in [0.3, 0.4) is 0 Å². The van der Waals surface area contributed by atoms with Crippen molar-refractivity contribution in [3.05, 3.63) is 17.7 Å². The van der Waals surface area contributed by atoms with Gasteiger partial charge in [0.15, 0.2) is 11.4 Å². The molecule has 0 unspecified atom stereocenters. The minimum absolute atomic E-state index is 0.0441. The Hall–Kier alpha value is -1.85. The van der Waals surface area contributed by atoms with Crippen LogP contribution in [0.15, 0.2) is 6.33 Å². The lowest BCUT2D eigenvalue weighted by molar-refractivity contribution is 0.0683. The van der Waals surface area contributed by atoms with Gasteiger partial charge in [-0.1, -0.05) is 13.8 Å². The van der Waals surface area contributed by atoms with Gasteiger partial charge in [0.05, 0.1) is 6.33 Å². The number of carboxylic acids is 1. The normalized spacial score (nSPS) is 19.1. The van der Waals surface area contributed by atoms with E-state index in [-0.39, 0.29) is 17.4 Å². The number of carboxylic acid groups (broad SMARTS) is 1. The summed E-state index contributed by atoms with van der Waals surface area (Å²) in [6, 6.07) is 0.110. The van der Waals surface area contributed by atoms with E-state index < -0.39 is 11.9 Å². The molecule has 0 aromatic carbocycles. The zero-order chi connectivity index (χ0) is 14.0. The highest BCUT2D eigenvalue weighted by molar-refractivity contribution is 6.02. The number of hydrogen-bond donors (Lipinski definition) is 3. The van der Waals surface area contributed by atoms with Gasteiger partial charge in [0.25, 0.3) is 5.91 Å². The van der Waals surface area contributed by atoms with Gasteiger partial charge in [0, 0.05) is 6.04 Å². The van der Waals surface area contributed by atoms with E-state index in [0.717, 1.165) is 25.7 Å². The van der Waals surface area contributed by atoms with Crippen molar-refractivity contribution in [3.8, 4) is 0 Å². The molecule has 1 aromatic heterocycles. The van der Waals surface area contributed by atoms with Crippen LogP contribution in [0.5, 0.6) is 0 Å². The average Bonchev–Trinajstić information content (AvgIpc) is 2.81. The molecular formula is C13H19N3O3. The number of aromatic carboxylic acids is 1. The summed E-state index contributed by atoms with van der Waals surface area (Å²) in [5.41, 5.74) is 0.130. The lowest BCUT2D eigenvalue weighted by Crippen LogP contribution is -2.39. The van der Waals surface area contributed by atoms with E-state index in [1.165, 1.54) is 6.33 Å². The number of nitrogens with zero attached hydrogens (tertiary/aromatic N) is 1. The molecule has 1 amide bonds. The van der Waals surface area contributed by atoms with Gasteiger partial charge in [-0.15, -0.1) is 0 Å². The molecule has 0 atom stereocenters. The second kappa shape index (κ2) is 5.03. The largest absolute Gasteiger partial charge is 0.477 e. The van der Waals surface area contributed by atoms with Gasteiger partial charge in [0.2, 0.25) is 0 Å². The maximum Gasteiger partial charge on any atom is 0.354 e. The zero-order valence-corrected chi connectivity index (χ0v) is 11.2. The number of imidazole rings is 1. The van der Waals surface area contributed by atoms with Crippen LogP contribution in [0, 0.1) is 5.41 Å². The molecule has 1 fully saturated rings. The predicted molar refractivity (Wildman–Crippen MR) is 69.1 cm³/mol. The molecule has 0 spiro atoms. The Morgan fingerprint density at radius 3 is 2.63 bits per heavy atom. The molecule has 6 nitrogen and oxygen atoms in total. The Balaban J connectivity index is 1.98. The van der Waals surface area contributed by atoms with Gasteiger partial charge in [-0.05, 0) is 31.1 Å². The average molecular weight is 265 g/mol. The smallest absolute Gasteiger partial charge is 0.354 e. The number of amides is 1. The predicted octanol–water partition coefficient (Wildman–Crippen LogP) is 1.81. The molecule has 1 aromatic rings. The second-order valence-corrected chi connectivity index (χ2v) is 5.84. The summed E-state index contributed by atoms with van der Waals surface area (Å²) in [5.74, 6) is -1.59. The van der Waals surface area contributed by atoms with Crippen molar-refractivity contribution in [2.45, 2.75) is 45.6 Å². The van der Waals surface area contributed by atoms with Crippen molar-refractivity contribution in [2.24, 2.45) is 5.41 Å². The fourth-order valence-electron chi connectivity index (χ4n) is 2.43. The van der Waals surface area contributed by atoms with Gasteiger partial charge < -0.3 is 15.4 Å². The van der Waals surface area contributed by atoms with E-state index in [9.17, 15) is 9.59 Å². The Morgan fingerprint density at radius 1 is 1.42 bits per heavy atom. The van der Waals surface area contributed by atoms with Crippen LogP contribution >= 0.6 is 0 Å². The first-order chi connectivity index (χ1) is 8.89. The molecule has 1 heterocycles. The van der Waals surface area contributed by atoms with Gasteiger partial charge in [-0.25, -0.2) is 9.78 Å². The number of nitrogens with one attached hydrogen (secondary N) is 2. The highest BCUT2D eigenvalue weighted by Crippen LogP contribution is 2.35. The number of hydrogen-bond acceptors (Lipinski definition) is 3. The van der Waals surface area contributed by atoms with Crippen molar-refractivity contribution in [1.82, 2.24) is 15.3 Å². The lowest BCUT2D eigenvalue weighted by atomic mass is 9.75. The zero-order valence-electron chi connectivity index (χ0n) is 11.2. The Kier molecular flexibility index (Phi) is 3.59. The molecule has 3 N–H and O–H groups in total. The molecule has 6 heteroatoms. The molecule has 0 bridgehead atoms. The maximum atomic E-state index is 12.0. The molecular weight excluding hydrogens is 246 g/mol. The van der Waals surface area contributed by atoms with Crippen molar-refractivity contribution in [1.29, 1.82) is 0 Å². The summed E-state index contributed by atoms with van der Waals surface area (Å²) >= 11 is 0. The molecule has 0 aliphatic heterocycles. The first kappa shape index (κ1) is 13.6. The van der Waals surface area contributed by atoms with Crippen LogP contribution < -0.4 is 5.32 Å². The fraction of sp³-hybridized carbons (Fsp3) is 0.615. The molecule has 2 rings (SSSR count). The lowest BCUT2D eigenvalue weighted by Gasteiger charge is -2.34. The van der Waals surface area contributed by atoms with E-state index in [2.05, 4.69) is 29.1 Å². The topological polar surface area (TPSA) is 95.1 Å². The van der Waals surface area contributed by atoms with Gasteiger partial charge in [-0.2, -0.15) is 0 Å². The molecule has 1 aliphatic rings. The Labute approximate surface area is 111 Å². The molecule has 104 valence electrons. The van der Waals surface area contributed by atoms with Crippen LogP contribution in [0.4, 0.5) is 0 Å². The summed E-state index contributed by atoms with van der Waals surface area (Å²) < 4.78 is 0. The maximum absolute atomic E-state index is 12.0. The molecule has 0 saturated heterocycles. The van der Waals surface area contributed by atoms with Crippen LogP contribution in [-0.4, -0.2) is 33.0 Å². The third-order valence-electron chi connectivity index (χ3n) is 3.74. The van der Waals surface area contributed by atoms with Crippen molar-refractivity contribution in [3.63, 3.8) is 0 Å².